The number of hydrogen-bond acceptors (Lipinski definition) is 0. The van der Waals surface area contributed by atoms with Gasteiger partial charge in [-0.1, -0.05) is 40.5 Å². The van der Waals surface area contributed by atoms with Gasteiger partial charge in [-0.25, -0.2) is 0 Å². The van der Waals surface area contributed by atoms with Crippen LogP contribution < -0.4 is 0 Å². The second kappa shape index (κ2) is 4.79. The van der Waals surface area contributed by atoms with E-state index >= 15 is 0 Å². The molecule has 0 aliphatic carbocycles. The third kappa shape index (κ3) is 8.03. The van der Waals surface area contributed by atoms with Crippen molar-refractivity contribution in [1.82, 2.24) is 0 Å². The monoisotopic (exact) mass is 248 g/mol. The third-order valence-electron chi connectivity index (χ3n) is 0.737. The lowest BCUT2D eigenvalue weighted by Crippen LogP contribution is -1.98. The number of alkyl halides is 1. The second-order valence-electron chi connectivity index (χ2n) is 3.08. The van der Waals surface area contributed by atoms with E-state index in [1.807, 2.05) is 6.08 Å². The first-order chi connectivity index (χ1) is 4.56. The lowest BCUT2D eigenvalue weighted by atomic mass is 9.98. The summed E-state index contributed by atoms with van der Waals surface area (Å²) >= 11 is 2.29. The zero-order valence-electron chi connectivity index (χ0n) is 6.74. The Balaban J connectivity index is 3.81. The lowest BCUT2D eigenvalue weighted by Gasteiger charge is -2.05. The Hall–Kier alpha value is 0.0300. The molecule has 0 aromatic carbocycles. The molecule has 0 rings (SSSR count). The fourth-order valence-corrected chi connectivity index (χ4v) is 0.616. The highest BCUT2D eigenvalue weighted by molar-refractivity contribution is 14.1. The van der Waals surface area contributed by atoms with E-state index in [1.54, 1.807) is 0 Å². The molecule has 0 amide bonds. The maximum atomic E-state index is 3.12. The van der Waals surface area contributed by atoms with Gasteiger partial charge in [0.15, 0.2) is 0 Å². The molecular weight excluding hydrogens is 235 g/mol. The Morgan fingerprint density at radius 3 is 2.40 bits per heavy atom. The molecule has 0 aromatic rings. The summed E-state index contributed by atoms with van der Waals surface area (Å²) in [5.74, 6) is 6.11. The summed E-state index contributed by atoms with van der Waals surface area (Å²) in [6.07, 6.45) is 3.97. The van der Waals surface area contributed by atoms with E-state index < -0.39 is 0 Å². The fraction of sp³-hybridized carbons (Fsp3) is 0.556. The molecule has 0 bridgehead atoms. The highest BCUT2D eigenvalue weighted by Crippen LogP contribution is 2.09. The minimum absolute atomic E-state index is 0.135. The van der Waals surface area contributed by atoms with Crippen LogP contribution >= 0.6 is 22.6 Å². The third-order valence-corrected chi connectivity index (χ3v) is 1.25. The standard InChI is InChI=1S/C9H13I/c1-9(2,3)7-5-4-6-8-10/h4,6H,8H2,1-3H3/b6-4+. The van der Waals surface area contributed by atoms with Crippen molar-refractivity contribution in [1.29, 1.82) is 0 Å². The minimum Gasteiger partial charge on any atom is -0.0926 e. The predicted molar refractivity (Wildman–Crippen MR) is 55.3 cm³/mol. The summed E-state index contributed by atoms with van der Waals surface area (Å²) in [6.45, 7) is 6.33. The SMILES string of the molecule is CC(C)(C)C#C/C=C/CI. The van der Waals surface area contributed by atoms with E-state index in [2.05, 4.69) is 61.3 Å². The van der Waals surface area contributed by atoms with Gasteiger partial charge in [0.2, 0.25) is 0 Å². The van der Waals surface area contributed by atoms with Gasteiger partial charge in [0.05, 0.1) is 0 Å². The maximum absolute atomic E-state index is 3.12. The molecule has 0 radical (unpaired) electrons. The fourth-order valence-electron chi connectivity index (χ4n) is 0.362. The van der Waals surface area contributed by atoms with E-state index in [-0.39, 0.29) is 5.41 Å². The Morgan fingerprint density at radius 1 is 1.40 bits per heavy atom. The number of rotatable bonds is 1. The van der Waals surface area contributed by atoms with Crippen LogP contribution in [-0.2, 0) is 0 Å². The van der Waals surface area contributed by atoms with E-state index in [0.717, 1.165) is 4.43 Å². The van der Waals surface area contributed by atoms with Crippen LogP contribution in [0.3, 0.4) is 0 Å². The van der Waals surface area contributed by atoms with Crippen LogP contribution in [-0.4, -0.2) is 4.43 Å². The van der Waals surface area contributed by atoms with Crippen LogP contribution in [0.15, 0.2) is 12.2 Å². The molecule has 0 fully saturated rings. The van der Waals surface area contributed by atoms with Crippen LogP contribution in [0.1, 0.15) is 20.8 Å². The number of hydrogen-bond donors (Lipinski definition) is 0. The van der Waals surface area contributed by atoms with Crippen molar-refractivity contribution in [3.05, 3.63) is 12.2 Å². The Kier molecular flexibility index (Phi) is 4.80. The molecular formula is C9H13I. The van der Waals surface area contributed by atoms with Crippen molar-refractivity contribution in [2.45, 2.75) is 20.8 Å². The van der Waals surface area contributed by atoms with Gasteiger partial charge in [-0.05, 0) is 26.8 Å². The van der Waals surface area contributed by atoms with Gasteiger partial charge in [0.1, 0.15) is 0 Å². The predicted octanol–water partition coefficient (Wildman–Crippen LogP) is 3.03. The summed E-state index contributed by atoms with van der Waals surface area (Å²) < 4.78 is 1.04. The Labute approximate surface area is 77.2 Å². The molecule has 0 saturated carbocycles. The summed E-state index contributed by atoms with van der Waals surface area (Å²) in [5.41, 5.74) is 0.135. The molecule has 0 aliphatic rings. The zero-order chi connectivity index (χ0) is 8.04. The van der Waals surface area contributed by atoms with Crippen molar-refractivity contribution in [2.24, 2.45) is 5.41 Å². The molecule has 0 nitrogen and oxygen atoms in total. The topological polar surface area (TPSA) is 0 Å². The van der Waals surface area contributed by atoms with Crippen molar-refractivity contribution in [2.75, 3.05) is 4.43 Å². The van der Waals surface area contributed by atoms with Crippen LogP contribution in [0.4, 0.5) is 0 Å². The van der Waals surface area contributed by atoms with Gasteiger partial charge in [0, 0.05) is 9.84 Å². The number of allylic oxidation sites excluding steroid dienone is 2. The lowest BCUT2D eigenvalue weighted by molar-refractivity contribution is 0.571. The molecule has 0 N–H and O–H groups in total. The summed E-state index contributed by atoms with van der Waals surface area (Å²) in [7, 11) is 0. The van der Waals surface area contributed by atoms with Crippen LogP contribution in [0.25, 0.3) is 0 Å². The smallest absolute Gasteiger partial charge is 0.0233 e. The molecule has 0 aliphatic heterocycles. The summed E-state index contributed by atoms with van der Waals surface area (Å²) in [4.78, 5) is 0. The molecule has 0 unspecified atom stereocenters. The first kappa shape index (κ1) is 10.0. The molecule has 0 heterocycles. The van der Waals surface area contributed by atoms with Gasteiger partial charge >= 0.3 is 0 Å². The van der Waals surface area contributed by atoms with Crippen LogP contribution in [0, 0.1) is 17.3 Å². The average Bonchev–Trinajstić information content (AvgIpc) is 1.78. The van der Waals surface area contributed by atoms with Gasteiger partial charge < -0.3 is 0 Å². The largest absolute Gasteiger partial charge is 0.0926 e. The van der Waals surface area contributed by atoms with Crippen molar-refractivity contribution >= 4 is 22.6 Å². The number of halogens is 1. The Bertz CT molecular complexity index is 161. The highest BCUT2D eigenvalue weighted by Gasteiger charge is 2.01. The quantitative estimate of drug-likeness (QED) is 0.380. The van der Waals surface area contributed by atoms with Crippen molar-refractivity contribution < 1.29 is 0 Å². The van der Waals surface area contributed by atoms with E-state index in [1.165, 1.54) is 0 Å². The first-order valence-electron chi connectivity index (χ1n) is 3.30. The Morgan fingerprint density at radius 2 is 2.00 bits per heavy atom. The van der Waals surface area contributed by atoms with Gasteiger partial charge in [-0.3, -0.25) is 0 Å². The summed E-state index contributed by atoms with van der Waals surface area (Å²) in [6, 6.07) is 0. The first-order valence-corrected chi connectivity index (χ1v) is 4.82. The second-order valence-corrected chi connectivity index (χ2v) is 3.96. The van der Waals surface area contributed by atoms with Crippen LogP contribution in [0.2, 0.25) is 0 Å². The van der Waals surface area contributed by atoms with Gasteiger partial charge in [-0.2, -0.15) is 0 Å². The average molecular weight is 248 g/mol. The molecule has 10 heavy (non-hydrogen) atoms. The van der Waals surface area contributed by atoms with Gasteiger partial charge in [0.25, 0.3) is 0 Å². The van der Waals surface area contributed by atoms with Crippen molar-refractivity contribution in [3.63, 3.8) is 0 Å². The molecule has 56 valence electrons. The molecule has 0 aromatic heterocycles. The normalized spacial score (nSPS) is 11.2. The van der Waals surface area contributed by atoms with E-state index in [4.69, 9.17) is 0 Å². The van der Waals surface area contributed by atoms with Crippen molar-refractivity contribution in [3.8, 4) is 11.8 Å². The highest BCUT2D eigenvalue weighted by atomic mass is 127. The van der Waals surface area contributed by atoms with Gasteiger partial charge in [-0.15, -0.1) is 0 Å². The van der Waals surface area contributed by atoms with E-state index in [0.29, 0.717) is 0 Å². The van der Waals surface area contributed by atoms with E-state index in [9.17, 15) is 0 Å². The molecule has 0 saturated heterocycles. The minimum atomic E-state index is 0.135. The van der Waals surface area contributed by atoms with Crippen LogP contribution in [0.5, 0.6) is 0 Å². The summed E-state index contributed by atoms with van der Waals surface area (Å²) in [5, 5.41) is 0. The molecule has 1 heteroatoms. The molecule has 0 spiro atoms. The zero-order valence-corrected chi connectivity index (χ0v) is 8.90. The molecule has 0 atom stereocenters. The maximum Gasteiger partial charge on any atom is 0.0233 e.